The van der Waals surface area contributed by atoms with E-state index in [4.69, 9.17) is 4.74 Å². The number of hydrogen-bond donors (Lipinski definition) is 1. The van der Waals surface area contributed by atoms with Crippen molar-refractivity contribution in [2.45, 2.75) is 32.9 Å². The minimum Gasteiger partial charge on any atom is -0.497 e. The summed E-state index contributed by atoms with van der Waals surface area (Å²) in [6, 6.07) is 23.8. The number of aromatic nitrogens is 4. The molecule has 0 saturated carbocycles. The lowest BCUT2D eigenvalue weighted by Gasteiger charge is -2.21. The van der Waals surface area contributed by atoms with E-state index in [-0.39, 0.29) is 11.1 Å². The van der Waals surface area contributed by atoms with Crippen molar-refractivity contribution >= 4 is 11.2 Å². The fraction of sp³-hybridized carbons (Fsp3) is 0.207. The third kappa shape index (κ3) is 4.65. The number of imidazole rings is 1. The molecule has 0 fully saturated rings. The molecule has 5 rings (SSSR count). The Bertz CT molecular complexity index is 1560. The van der Waals surface area contributed by atoms with Crippen molar-refractivity contribution < 1.29 is 4.74 Å². The van der Waals surface area contributed by atoms with E-state index >= 15 is 0 Å². The molecule has 3 aromatic carbocycles. The van der Waals surface area contributed by atoms with Gasteiger partial charge in [0.2, 0.25) is 0 Å². The zero-order valence-electron chi connectivity index (χ0n) is 20.9. The number of rotatable bonds is 6. The topological polar surface area (TPSA) is 74.0 Å². The second-order valence-corrected chi connectivity index (χ2v) is 9.71. The van der Waals surface area contributed by atoms with Crippen LogP contribution in [0.15, 0.2) is 90.2 Å². The average molecular weight is 480 g/mol. The van der Waals surface area contributed by atoms with Gasteiger partial charge >= 0.3 is 0 Å². The highest BCUT2D eigenvalue weighted by molar-refractivity contribution is 5.73. The van der Waals surface area contributed by atoms with Gasteiger partial charge in [-0.05, 0) is 73.9 Å². The minimum atomic E-state index is -0.184. The molecule has 182 valence electrons. The van der Waals surface area contributed by atoms with Gasteiger partial charge in [0.25, 0.3) is 5.56 Å². The predicted molar refractivity (Wildman–Crippen MR) is 143 cm³/mol. The molecule has 36 heavy (non-hydrogen) atoms. The van der Waals surface area contributed by atoms with Crippen molar-refractivity contribution in [3.8, 4) is 28.3 Å². The number of nitrogens with zero attached hydrogens (tertiary/aromatic N) is 4. The van der Waals surface area contributed by atoms with Crippen LogP contribution in [0.3, 0.4) is 0 Å². The summed E-state index contributed by atoms with van der Waals surface area (Å²) in [7, 11) is 1.62. The summed E-state index contributed by atoms with van der Waals surface area (Å²) in [6.07, 6.45) is 3.16. The molecule has 0 aliphatic carbocycles. The zero-order valence-corrected chi connectivity index (χ0v) is 20.9. The number of ether oxygens (including phenoxy) is 1. The molecule has 5 aromatic rings. The van der Waals surface area contributed by atoms with Gasteiger partial charge in [0.15, 0.2) is 11.2 Å². The van der Waals surface area contributed by atoms with Crippen LogP contribution < -0.4 is 15.6 Å². The lowest BCUT2D eigenvalue weighted by Crippen LogP contribution is -2.35. The van der Waals surface area contributed by atoms with E-state index in [1.54, 1.807) is 22.6 Å². The number of benzene rings is 3. The molecule has 0 saturated heterocycles. The van der Waals surface area contributed by atoms with Crippen molar-refractivity contribution in [2.24, 2.45) is 0 Å². The Labute approximate surface area is 210 Å². The van der Waals surface area contributed by atoms with Crippen LogP contribution in [0.1, 0.15) is 26.3 Å². The Morgan fingerprint density at radius 1 is 0.833 bits per heavy atom. The molecule has 0 bridgehead atoms. The molecule has 0 radical (unpaired) electrons. The van der Waals surface area contributed by atoms with Crippen LogP contribution in [0.4, 0.5) is 0 Å². The van der Waals surface area contributed by atoms with Crippen LogP contribution in [0.5, 0.6) is 5.75 Å². The van der Waals surface area contributed by atoms with E-state index in [0.29, 0.717) is 11.2 Å². The van der Waals surface area contributed by atoms with E-state index in [1.807, 2.05) is 54.6 Å². The molecule has 2 heterocycles. The van der Waals surface area contributed by atoms with E-state index in [0.717, 1.165) is 29.2 Å². The van der Waals surface area contributed by atoms with Crippen LogP contribution in [-0.2, 0) is 6.54 Å². The lowest BCUT2D eigenvalue weighted by atomic mass is 9.98. The molecule has 0 unspecified atom stereocenters. The Morgan fingerprint density at radius 2 is 1.44 bits per heavy atom. The van der Waals surface area contributed by atoms with Gasteiger partial charge in [0, 0.05) is 17.8 Å². The highest BCUT2D eigenvalue weighted by Gasteiger charge is 2.14. The average Bonchev–Trinajstić information content (AvgIpc) is 3.33. The van der Waals surface area contributed by atoms with Crippen molar-refractivity contribution in [2.75, 3.05) is 7.11 Å². The monoisotopic (exact) mass is 479 g/mol. The number of methoxy groups -OCH3 is 1. The van der Waals surface area contributed by atoms with Gasteiger partial charge in [0.1, 0.15) is 18.4 Å². The molecule has 0 amide bonds. The summed E-state index contributed by atoms with van der Waals surface area (Å²) in [5.74, 6) is 0.745. The van der Waals surface area contributed by atoms with E-state index in [2.05, 4.69) is 54.3 Å². The van der Waals surface area contributed by atoms with E-state index in [9.17, 15) is 4.79 Å². The Morgan fingerprint density at radius 3 is 2.11 bits per heavy atom. The normalized spacial score (nSPS) is 11.7. The van der Waals surface area contributed by atoms with Gasteiger partial charge in [-0.15, -0.1) is 0 Å². The largest absolute Gasteiger partial charge is 0.497 e. The molecule has 0 atom stereocenters. The van der Waals surface area contributed by atoms with Gasteiger partial charge < -0.3 is 10.1 Å². The smallest absolute Gasteiger partial charge is 0.284 e. The predicted octanol–water partition coefficient (Wildman–Crippen LogP) is 5.14. The van der Waals surface area contributed by atoms with Crippen molar-refractivity contribution in [3.63, 3.8) is 0 Å². The third-order valence-electron chi connectivity index (χ3n) is 6.10. The lowest BCUT2D eigenvalue weighted by molar-refractivity contribution is 0.415. The van der Waals surface area contributed by atoms with Gasteiger partial charge in [-0.1, -0.05) is 36.4 Å². The number of nitrogens with one attached hydrogen (secondary N) is 1. The summed E-state index contributed by atoms with van der Waals surface area (Å²) in [6.45, 7) is 7.26. The van der Waals surface area contributed by atoms with Crippen LogP contribution in [0.25, 0.3) is 33.7 Å². The first-order chi connectivity index (χ1) is 17.3. The summed E-state index contributed by atoms with van der Waals surface area (Å²) >= 11 is 0. The van der Waals surface area contributed by atoms with Crippen molar-refractivity contribution in [3.05, 3.63) is 101 Å². The summed E-state index contributed by atoms with van der Waals surface area (Å²) < 4.78 is 8.56. The summed E-state index contributed by atoms with van der Waals surface area (Å²) in [5, 5.41) is 3.56. The van der Waals surface area contributed by atoms with Crippen LogP contribution in [0.2, 0.25) is 0 Å². The molecule has 0 spiro atoms. The standard InChI is InChI=1S/C29H29N5O2/c1-29(2,3)32-17-21-7-5-6-8-25(21)20-9-11-23(12-10-20)34-19-31-27-26(28(34)35)33(18-30-27)22-13-15-24(36-4)16-14-22/h5-16,18-19,32H,17H2,1-4H3. The molecular formula is C29H29N5O2. The second-order valence-electron chi connectivity index (χ2n) is 9.71. The van der Waals surface area contributed by atoms with Crippen LogP contribution >= 0.6 is 0 Å². The maximum absolute atomic E-state index is 13.5. The molecule has 7 nitrogen and oxygen atoms in total. The Kier molecular flexibility index (Phi) is 6.16. The van der Waals surface area contributed by atoms with Gasteiger partial charge in [0.05, 0.1) is 12.8 Å². The summed E-state index contributed by atoms with van der Waals surface area (Å²) in [4.78, 5) is 22.3. The Balaban J connectivity index is 1.50. The van der Waals surface area contributed by atoms with Crippen LogP contribution in [0, 0.1) is 0 Å². The molecule has 0 aliphatic rings. The molecule has 7 heteroatoms. The van der Waals surface area contributed by atoms with Crippen molar-refractivity contribution in [1.82, 2.24) is 24.4 Å². The van der Waals surface area contributed by atoms with Gasteiger partial charge in [-0.3, -0.25) is 13.9 Å². The number of fused-ring (bicyclic) bond motifs is 1. The van der Waals surface area contributed by atoms with E-state index in [1.165, 1.54) is 17.5 Å². The number of hydrogen-bond acceptors (Lipinski definition) is 5. The van der Waals surface area contributed by atoms with Gasteiger partial charge in [-0.25, -0.2) is 9.97 Å². The Hall–Kier alpha value is -4.23. The second kappa shape index (κ2) is 9.43. The van der Waals surface area contributed by atoms with Gasteiger partial charge in [-0.2, -0.15) is 0 Å². The summed E-state index contributed by atoms with van der Waals surface area (Å²) in [5.41, 5.74) is 5.71. The zero-order chi connectivity index (χ0) is 25.3. The quantitative estimate of drug-likeness (QED) is 0.365. The fourth-order valence-electron chi connectivity index (χ4n) is 4.15. The molecule has 0 aliphatic heterocycles. The molecular weight excluding hydrogens is 450 g/mol. The SMILES string of the molecule is COc1ccc(-n2cnc3ncn(-c4ccc(-c5ccccc5CNC(C)(C)C)cc4)c(=O)c32)cc1. The third-order valence-corrected chi connectivity index (χ3v) is 6.10. The maximum Gasteiger partial charge on any atom is 0.284 e. The van der Waals surface area contributed by atoms with Crippen LogP contribution in [-0.4, -0.2) is 31.8 Å². The highest BCUT2D eigenvalue weighted by atomic mass is 16.5. The first-order valence-corrected chi connectivity index (χ1v) is 11.9. The molecule has 1 N–H and O–H groups in total. The van der Waals surface area contributed by atoms with Crippen molar-refractivity contribution in [1.29, 1.82) is 0 Å². The highest BCUT2D eigenvalue weighted by Crippen LogP contribution is 2.25. The first-order valence-electron chi connectivity index (χ1n) is 11.9. The fourth-order valence-corrected chi connectivity index (χ4v) is 4.15. The maximum atomic E-state index is 13.5. The molecule has 2 aromatic heterocycles. The van der Waals surface area contributed by atoms with E-state index < -0.39 is 0 Å². The first kappa shape index (κ1) is 23.5. The minimum absolute atomic E-state index is 0.0299.